The summed E-state index contributed by atoms with van der Waals surface area (Å²) < 4.78 is 40.1. The Bertz CT molecular complexity index is 881. The fourth-order valence-corrected chi connectivity index (χ4v) is 6.30. The van der Waals surface area contributed by atoms with Crippen molar-refractivity contribution in [3.63, 3.8) is 0 Å². The lowest BCUT2D eigenvalue weighted by Gasteiger charge is -2.32. The minimum absolute atomic E-state index is 0.218. The number of benzene rings is 2. The molecule has 0 saturated carbocycles. The summed E-state index contributed by atoms with van der Waals surface area (Å²) in [5, 5.41) is 1.23. The van der Waals surface area contributed by atoms with Crippen molar-refractivity contribution in [2.24, 2.45) is 0 Å². The van der Waals surface area contributed by atoms with Gasteiger partial charge in [-0.2, -0.15) is 0 Å². The summed E-state index contributed by atoms with van der Waals surface area (Å²) in [6.07, 6.45) is 2.55. The molecule has 0 bridgehead atoms. The Balaban J connectivity index is 2.27. The third-order valence-electron chi connectivity index (χ3n) is 4.86. The van der Waals surface area contributed by atoms with Gasteiger partial charge in [0.25, 0.3) is 0 Å². The van der Waals surface area contributed by atoms with Crippen molar-refractivity contribution in [3.05, 3.63) is 58.4 Å². The number of hydrogen-bond donors (Lipinski definition) is 0. The van der Waals surface area contributed by atoms with E-state index in [1.165, 1.54) is 18.2 Å². The molecule has 1 aliphatic rings. The molecule has 0 N–H and O–H groups in total. The van der Waals surface area contributed by atoms with Gasteiger partial charge in [-0.25, -0.2) is 12.8 Å². The highest BCUT2D eigenvalue weighted by Gasteiger charge is 2.45. The molecule has 6 heteroatoms. The second-order valence-electron chi connectivity index (χ2n) is 6.39. The van der Waals surface area contributed by atoms with E-state index in [4.69, 9.17) is 11.6 Å². The standard InChI is InChI=1S/C18H19ClFO2PS/c1-18(24(21,22)13-7-5-12(19)6-8-13)11-3-2-4-14-15(20)9-10-16(23)17(14)18/h5-10H,2-4,11,23H2,1H3. The first-order valence-electron chi connectivity index (χ1n) is 7.85. The van der Waals surface area contributed by atoms with Crippen molar-refractivity contribution in [1.29, 1.82) is 0 Å². The van der Waals surface area contributed by atoms with E-state index in [-0.39, 0.29) is 10.7 Å². The number of hydrogen-bond acceptors (Lipinski definition) is 2. The third-order valence-corrected chi connectivity index (χ3v) is 8.08. The van der Waals surface area contributed by atoms with Gasteiger partial charge >= 0.3 is 0 Å². The second kappa shape index (κ2) is 6.40. The number of rotatable bonds is 2. The summed E-state index contributed by atoms with van der Waals surface area (Å²) in [7, 11) is -1.13. The van der Waals surface area contributed by atoms with Crippen LogP contribution in [0.1, 0.15) is 37.3 Å². The molecule has 2 unspecified atom stereocenters. The molecular formula is C18H19ClFO2PS. The number of halogens is 2. The molecular weight excluding hydrogens is 366 g/mol. The van der Waals surface area contributed by atoms with Crippen LogP contribution in [0.5, 0.6) is 0 Å². The molecule has 24 heavy (non-hydrogen) atoms. The molecule has 0 spiro atoms. The number of sulfone groups is 1. The lowest BCUT2D eigenvalue weighted by atomic mass is 9.93. The monoisotopic (exact) mass is 384 g/mol. The first kappa shape index (κ1) is 17.8. The van der Waals surface area contributed by atoms with Crippen LogP contribution in [0.15, 0.2) is 41.3 Å². The topological polar surface area (TPSA) is 34.1 Å². The largest absolute Gasteiger partial charge is 0.223 e. The molecule has 3 rings (SSSR count). The van der Waals surface area contributed by atoms with Crippen LogP contribution in [0.3, 0.4) is 0 Å². The highest BCUT2D eigenvalue weighted by molar-refractivity contribution is 7.92. The molecule has 0 amide bonds. The van der Waals surface area contributed by atoms with Crippen LogP contribution < -0.4 is 5.30 Å². The van der Waals surface area contributed by atoms with E-state index in [2.05, 4.69) is 9.24 Å². The number of fused-ring (bicyclic) bond motifs is 1. The van der Waals surface area contributed by atoms with E-state index in [1.807, 2.05) is 0 Å². The van der Waals surface area contributed by atoms with Gasteiger partial charge in [0.15, 0.2) is 9.84 Å². The molecule has 1 aliphatic carbocycles. The second-order valence-corrected chi connectivity index (χ2v) is 9.82. The molecule has 0 aliphatic heterocycles. The maximum absolute atomic E-state index is 14.4. The average Bonchev–Trinajstić information content (AvgIpc) is 2.73. The van der Waals surface area contributed by atoms with Gasteiger partial charge in [-0.3, -0.25) is 0 Å². The van der Waals surface area contributed by atoms with Crippen LogP contribution in [0, 0.1) is 5.82 Å². The molecule has 2 aromatic carbocycles. The molecule has 0 saturated heterocycles. The molecule has 0 radical (unpaired) electrons. The summed E-state index contributed by atoms with van der Waals surface area (Å²) in [4.78, 5) is 0.218. The molecule has 2 aromatic rings. The van der Waals surface area contributed by atoms with Gasteiger partial charge in [0.2, 0.25) is 0 Å². The average molecular weight is 385 g/mol. The molecule has 128 valence electrons. The zero-order valence-electron chi connectivity index (χ0n) is 13.4. The predicted octanol–water partition coefficient (Wildman–Crippen LogP) is 4.40. The summed E-state index contributed by atoms with van der Waals surface area (Å²) in [5.41, 5.74) is 1.12. The molecule has 2 atom stereocenters. The van der Waals surface area contributed by atoms with Crippen LogP contribution in [-0.4, -0.2) is 8.42 Å². The van der Waals surface area contributed by atoms with E-state index in [1.54, 1.807) is 25.1 Å². The van der Waals surface area contributed by atoms with Crippen LogP contribution in [0.25, 0.3) is 0 Å². The van der Waals surface area contributed by atoms with E-state index in [0.29, 0.717) is 29.0 Å². The minimum Gasteiger partial charge on any atom is -0.223 e. The van der Waals surface area contributed by atoms with Gasteiger partial charge in [0, 0.05) is 5.02 Å². The summed E-state index contributed by atoms with van der Waals surface area (Å²) in [6, 6.07) is 9.25. The normalized spacial score (nSPS) is 21.2. The fourth-order valence-electron chi connectivity index (χ4n) is 3.54. The summed E-state index contributed by atoms with van der Waals surface area (Å²) in [5.74, 6) is -0.323. The van der Waals surface area contributed by atoms with Crippen molar-refractivity contribution in [3.8, 4) is 0 Å². The van der Waals surface area contributed by atoms with Crippen molar-refractivity contribution in [2.75, 3.05) is 0 Å². The van der Waals surface area contributed by atoms with Crippen LogP contribution in [0.2, 0.25) is 5.02 Å². The highest BCUT2D eigenvalue weighted by atomic mass is 35.5. The lowest BCUT2D eigenvalue weighted by Crippen LogP contribution is -2.36. The van der Waals surface area contributed by atoms with E-state index >= 15 is 0 Å². The van der Waals surface area contributed by atoms with Gasteiger partial charge in [-0.05, 0) is 72.9 Å². The molecule has 0 heterocycles. The fraction of sp³-hybridized carbons (Fsp3) is 0.333. The predicted molar refractivity (Wildman–Crippen MR) is 99.3 cm³/mol. The van der Waals surface area contributed by atoms with Crippen molar-refractivity contribution >= 4 is 36.0 Å². The Morgan fingerprint density at radius 2 is 1.79 bits per heavy atom. The van der Waals surface area contributed by atoms with E-state index in [9.17, 15) is 12.8 Å². The smallest absolute Gasteiger partial charge is 0.187 e. The third kappa shape index (κ3) is 2.79. The molecule has 0 fully saturated rings. The van der Waals surface area contributed by atoms with Gasteiger partial charge in [0.1, 0.15) is 5.82 Å². The SMILES string of the molecule is CC1(S(=O)(=O)c2ccc(Cl)cc2)CCCCc2c(F)ccc(P)c21. The van der Waals surface area contributed by atoms with Crippen LogP contribution in [-0.2, 0) is 21.0 Å². The lowest BCUT2D eigenvalue weighted by molar-refractivity contribution is 0.509. The maximum atomic E-state index is 14.4. The van der Waals surface area contributed by atoms with Gasteiger partial charge < -0.3 is 0 Å². The maximum Gasteiger partial charge on any atom is 0.187 e. The van der Waals surface area contributed by atoms with Crippen LogP contribution >= 0.6 is 20.8 Å². The van der Waals surface area contributed by atoms with Crippen molar-refractivity contribution in [1.82, 2.24) is 0 Å². The van der Waals surface area contributed by atoms with E-state index in [0.717, 1.165) is 18.1 Å². The molecule has 2 nitrogen and oxygen atoms in total. The van der Waals surface area contributed by atoms with Crippen molar-refractivity contribution in [2.45, 2.75) is 42.2 Å². The Morgan fingerprint density at radius 3 is 2.46 bits per heavy atom. The minimum atomic E-state index is -3.69. The Morgan fingerprint density at radius 1 is 1.12 bits per heavy atom. The Hall–Kier alpha value is -0.960. The molecule has 0 aromatic heterocycles. The highest BCUT2D eigenvalue weighted by Crippen LogP contribution is 2.44. The van der Waals surface area contributed by atoms with Gasteiger partial charge in [0.05, 0.1) is 9.64 Å². The zero-order valence-corrected chi connectivity index (χ0v) is 16.1. The Labute approximate surface area is 149 Å². The Kier molecular flexibility index (Phi) is 4.76. The summed E-state index contributed by atoms with van der Waals surface area (Å²) >= 11 is 5.89. The quantitative estimate of drug-likeness (QED) is 0.568. The van der Waals surface area contributed by atoms with Crippen LogP contribution in [0.4, 0.5) is 4.39 Å². The van der Waals surface area contributed by atoms with Crippen molar-refractivity contribution < 1.29 is 12.8 Å². The van der Waals surface area contributed by atoms with Gasteiger partial charge in [-0.1, -0.05) is 24.1 Å². The zero-order chi connectivity index (χ0) is 17.5. The first-order chi connectivity index (χ1) is 11.3. The first-order valence-corrected chi connectivity index (χ1v) is 10.3. The van der Waals surface area contributed by atoms with E-state index < -0.39 is 14.6 Å². The summed E-state index contributed by atoms with van der Waals surface area (Å²) in [6.45, 7) is 1.72. The van der Waals surface area contributed by atoms with Gasteiger partial charge in [-0.15, -0.1) is 9.24 Å².